The Morgan fingerprint density at radius 3 is 2.19 bits per heavy atom. The van der Waals surface area contributed by atoms with Crippen LogP contribution in [0.25, 0.3) is 0 Å². The number of hydrogen-bond acceptors (Lipinski definition) is 5. The molecule has 1 saturated heterocycles. The zero-order chi connectivity index (χ0) is 27.3. The van der Waals surface area contributed by atoms with E-state index in [2.05, 4.69) is 0 Å². The lowest BCUT2D eigenvalue weighted by molar-refractivity contribution is -0.164. The van der Waals surface area contributed by atoms with Crippen LogP contribution in [-0.4, -0.2) is 65.7 Å². The van der Waals surface area contributed by atoms with Crippen LogP contribution in [0.3, 0.4) is 0 Å². The molecule has 2 N–H and O–H groups in total. The van der Waals surface area contributed by atoms with Gasteiger partial charge in [0.2, 0.25) is 5.91 Å². The normalized spacial score (nSPS) is 20.7. The first-order valence-electron chi connectivity index (χ1n) is 10.6. The highest BCUT2D eigenvalue weighted by atomic mass is 35.5. The monoisotopic (exact) mass is 596 g/mol. The molecule has 0 spiro atoms. The maximum absolute atomic E-state index is 13.6. The SMILES string of the molecule is NC1CN(S(=O)(=O)c2ccc(Cl)cc2Cl)C2=CN(CC(F)(F)F)C(=O)C(Cc3ccc(Cl)cc3)N2C1=O. The van der Waals surface area contributed by atoms with Gasteiger partial charge in [0.25, 0.3) is 15.9 Å². The number of alkyl halides is 3. The molecular weight excluding hydrogens is 580 g/mol. The van der Waals surface area contributed by atoms with E-state index < -0.39 is 63.9 Å². The van der Waals surface area contributed by atoms with E-state index in [-0.39, 0.29) is 16.5 Å². The lowest BCUT2D eigenvalue weighted by atomic mass is 9.99. The number of nitrogens with zero attached hydrogens (tertiary/aromatic N) is 3. The van der Waals surface area contributed by atoms with E-state index in [0.717, 1.165) is 11.0 Å². The molecule has 0 bridgehead atoms. The first-order chi connectivity index (χ1) is 17.2. The van der Waals surface area contributed by atoms with E-state index in [1.54, 1.807) is 0 Å². The van der Waals surface area contributed by atoms with Gasteiger partial charge in [-0.25, -0.2) is 12.7 Å². The van der Waals surface area contributed by atoms with Crippen molar-refractivity contribution in [2.45, 2.75) is 29.6 Å². The van der Waals surface area contributed by atoms with E-state index in [1.807, 2.05) is 0 Å². The van der Waals surface area contributed by atoms with Crippen LogP contribution >= 0.6 is 34.8 Å². The Labute approximate surface area is 225 Å². The lowest BCUT2D eigenvalue weighted by Gasteiger charge is -2.47. The minimum Gasteiger partial charge on any atom is -0.318 e. The van der Waals surface area contributed by atoms with Crippen LogP contribution in [0.1, 0.15) is 5.56 Å². The summed E-state index contributed by atoms with van der Waals surface area (Å²) >= 11 is 17.9. The summed E-state index contributed by atoms with van der Waals surface area (Å²) < 4.78 is 68.0. The van der Waals surface area contributed by atoms with Crippen molar-refractivity contribution in [3.63, 3.8) is 0 Å². The summed E-state index contributed by atoms with van der Waals surface area (Å²) in [6.07, 6.45) is -4.34. The average Bonchev–Trinajstić information content (AvgIpc) is 2.79. The van der Waals surface area contributed by atoms with Gasteiger partial charge in [-0.05, 0) is 35.9 Å². The molecule has 15 heteroatoms. The molecule has 2 aromatic carbocycles. The zero-order valence-corrected chi connectivity index (χ0v) is 21.7. The van der Waals surface area contributed by atoms with Crippen molar-refractivity contribution in [1.29, 1.82) is 0 Å². The van der Waals surface area contributed by atoms with E-state index in [9.17, 15) is 31.2 Å². The van der Waals surface area contributed by atoms with Crippen LogP contribution in [0.4, 0.5) is 13.2 Å². The number of carbonyl (C=O) groups excluding carboxylic acids is 2. The summed E-state index contributed by atoms with van der Waals surface area (Å²) in [6, 6.07) is 6.75. The maximum Gasteiger partial charge on any atom is 0.406 e. The summed E-state index contributed by atoms with van der Waals surface area (Å²) in [6.45, 7) is -2.29. The van der Waals surface area contributed by atoms with Gasteiger partial charge in [-0.2, -0.15) is 13.2 Å². The number of halogens is 6. The van der Waals surface area contributed by atoms with Gasteiger partial charge in [-0.15, -0.1) is 0 Å². The van der Waals surface area contributed by atoms with Crippen molar-refractivity contribution in [2.75, 3.05) is 13.1 Å². The molecular formula is C22H18Cl3F3N4O4S. The van der Waals surface area contributed by atoms with Crippen molar-refractivity contribution in [2.24, 2.45) is 5.73 Å². The molecule has 2 aromatic rings. The standard InChI is InChI=1S/C22H18Cl3F3N4O4S/c23-13-3-1-12(2-4-13)7-17-21(34)30(11-22(26,27)28)10-19-31(9-16(29)20(33)32(17)19)37(35,36)18-6-5-14(24)8-15(18)25/h1-6,8,10,16-17H,7,9,11,29H2. The Morgan fingerprint density at radius 1 is 0.973 bits per heavy atom. The molecule has 2 aliphatic heterocycles. The molecule has 2 heterocycles. The van der Waals surface area contributed by atoms with Gasteiger partial charge in [-0.1, -0.05) is 46.9 Å². The van der Waals surface area contributed by atoms with E-state index in [0.29, 0.717) is 26.0 Å². The van der Waals surface area contributed by atoms with Crippen molar-refractivity contribution in [1.82, 2.24) is 14.1 Å². The average molecular weight is 598 g/mol. The summed E-state index contributed by atoms with van der Waals surface area (Å²) in [5, 5.41) is 0.283. The molecule has 2 atom stereocenters. The molecule has 2 unspecified atom stereocenters. The highest BCUT2D eigenvalue weighted by molar-refractivity contribution is 7.89. The van der Waals surface area contributed by atoms with Gasteiger partial charge in [-0.3, -0.25) is 14.5 Å². The quantitative estimate of drug-likeness (QED) is 0.567. The predicted octanol–water partition coefficient (Wildman–Crippen LogP) is 3.62. The Bertz CT molecular complexity index is 1390. The number of benzene rings is 2. The smallest absolute Gasteiger partial charge is 0.318 e. The third kappa shape index (κ3) is 5.53. The minimum atomic E-state index is -4.81. The second kappa shape index (κ2) is 9.99. The van der Waals surface area contributed by atoms with Crippen molar-refractivity contribution in [3.8, 4) is 0 Å². The Balaban J connectivity index is 1.85. The first-order valence-corrected chi connectivity index (χ1v) is 13.2. The minimum absolute atomic E-state index is 0.151. The van der Waals surface area contributed by atoms with Crippen molar-refractivity contribution in [3.05, 3.63) is 75.1 Å². The fraction of sp³-hybridized carbons (Fsp3) is 0.273. The maximum atomic E-state index is 13.6. The molecule has 0 aliphatic carbocycles. The number of rotatable bonds is 5. The molecule has 4 rings (SSSR count). The Morgan fingerprint density at radius 2 is 1.59 bits per heavy atom. The van der Waals surface area contributed by atoms with Crippen LogP contribution in [0.15, 0.2) is 59.4 Å². The number of fused-ring (bicyclic) bond motifs is 1. The van der Waals surface area contributed by atoms with Crippen molar-refractivity contribution < 1.29 is 31.2 Å². The number of nitrogens with two attached hydrogens (primary N) is 1. The molecule has 1 fully saturated rings. The second-order valence-electron chi connectivity index (χ2n) is 8.34. The third-order valence-corrected chi connectivity index (χ3v) is 8.46. The van der Waals surface area contributed by atoms with Gasteiger partial charge in [0.15, 0.2) is 0 Å². The summed E-state index contributed by atoms with van der Waals surface area (Å²) in [7, 11) is -4.56. The van der Waals surface area contributed by atoms with Gasteiger partial charge < -0.3 is 10.6 Å². The molecule has 198 valence electrons. The van der Waals surface area contributed by atoms with Crippen LogP contribution in [0, 0.1) is 0 Å². The topological polar surface area (TPSA) is 104 Å². The highest BCUT2D eigenvalue weighted by Gasteiger charge is 2.50. The molecule has 2 amide bonds. The van der Waals surface area contributed by atoms with E-state index >= 15 is 0 Å². The van der Waals surface area contributed by atoms with Crippen LogP contribution < -0.4 is 5.73 Å². The first kappa shape index (κ1) is 27.5. The molecule has 2 aliphatic rings. The van der Waals surface area contributed by atoms with Crippen LogP contribution in [0.5, 0.6) is 0 Å². The number of carbonyl (C=O) groups is 2. The van der Waals surface area contributed by atoms with Gasteiger partial charge >= 0.3 is 6.18 Å². The molecule has 0 radical (unpaired) electrons. The summed E-state index contributed by atoms with van der Waals surface area (Å²) in [5.74, 6) is -2.33. The molecule has 0 saturated carbocycles. The van der Waals surface area contributed by atoms with Crippen molar-refractivity contribution >= 4 is 56.6 Å². The lowest BCUT2D eigenvalue weighted by Crippen LogP contribution is -2.66. The van der Waals surface area contributed by atoms with E-state index in [4.69, 9.17) is 40.5 Å². The highest BCUT2D eigenvalue weighted by Crippen LogP contribution is 2.36. The van der Waals surface area contributed by atoms with Gasteiger partial charge in [0.05, 0.1) is 11.6 Å². The fourth-order valence-electron chi connectivity index (χ4n) is 4.07. The molecule has 0 aromatic heterocycles. The third-order valence-electron chi connectivity index (χ3n) is 5.72. The van der Waals surface area contributed by atoms with Crippen LogP contribution in [-0.2, 0) is 26.0 Å². The fourth-order valence-corrected chi connectivity index (χ4v) is 6.42. The predicted molar refractivity (Wildman–Crippen MR) is 130 cm³/mol. The molecule has 37 heavy (non-hydrogen) atoms. The Hall–Kier alpha value is -2.51. The van der Waals surface area contributed by atoms with E-state index in [1.165, 1.54) is 36.4 Å². The number of hydrogen-bond donors (Lipinski definition) is 1. The zero-order valence-electron chi connectivity index (χ0n) is 18.6. The number of sulfonamides is 1. The Kier molecular flexibility index (Phi) is 7.43. The number of amides is 2. The summed E-state index contributed by atoms with van der Waals surface area (Å²) in [5.41, 5.74) is 6.44. The summed E-state index contributed by atoms with van der Waals surface area (Å²) in [4.78, 5) is 27.1. The van der Waals surface area contributed by atoms with Crippen LogP contribution in [0.2, 0.25) is 15.1 Å². The molecule has 8 nitrogen and oxygen atoms in total. The largest absolute Gasteiger partial charge is 0.406 e. The second-order valence-corrected chi connectivity index (χ2v) is 11.5. The van der Waals surface area contributed by atoms with Gasteiger partial charge in [0.1, 0.15) is 29.3 Å². The van der Waals surface area contributed by atoms with Gasteiger partial charge in [0, 0.05) is 22.7 Å².